The normalized spacial score (nSPS) is 23.8. The summed E-state index contributed by atoms with van der Waals surface area (Å²) in [6, 6.07) is 7.62. The summed E-state index contributed by atoms with van der Waals surface area (Å²) in [5, 5.41) is 13.0. The molecule has 0 spiro atoms. The van der Waals surface area contributed by atoms with Gasteiger partial charge in [-0.3, -0.25) is 10.1 Å². The predicted octanol–water partition coefficient (Wildman–Crippen LogP) is 2.24. The molecule has 0 radical (unpaired) electrons. The number of nitro groups is 1. The molecule has 2 rings (SSSR count). The van der Waals surface area contributed by atoms with Crippen molar-refractivity contribution in [1.82, 2.24) is 0 Å². The fraction of sp³-hybridized carbons (Fsp3) is 0.571. The molecule has 98 valence electrons. The summed E-state index contributed by atoms with van der Waals surface area (Å²) in [5.74, 6) is 0.789. The molecule has 4 nitrogen and oxygen atoms in total. The third-order valence-corrected chi connectivity index (χ3v) is 3.98. The predicted molar refractivity (Wildman–Crippen MR) is 70.1 cm³/mol. The SMILES string of the molecule is C[C@@H]1CCCC[C@@H]1[NH2+]Cc1ccc([N+](=O)[O-])cc1. The quantitative estimate of drug-likeness (QED) is 0.657. The topological polar surface area (TPSA) is 59.8 Å². The van der Waals surface area contributed by atoms with Gasteiger partial charge in [-0.05, 0) is 31.4 Å². The second kappa shape index (κ2) is 5.96. The van der Waals surface area contributed by atoms with Gasteiger partial charge < -0.3 is 5.32 Å². The largest absolute Gasteiger partial charge is 0.340 e. The lowest BCUT2D eigenvalue weighted by Gasteiger charge is -2.26. The van der Waals surface area contributed by atoms with Gasteiger partial charge in [0, 0.05) is 23.6 Å². The van der Waals surface area contributed by atoms with Gasteiger partial charge in [-0.25, -0.2) is 0 Å². The molecule has 0 aromatic heterocycles. The van der Waals surface area contributed by atoms with Crippen molar-refractivity contribution in [2.75, 3.05) is 0 Å². The van der Waals surface area contributed by atoms with E-state index in [0.717, 1.165) is 12.5 Å². The Morgan fingerprint density at radius 2 is 1.94 bits per heavy atom. The van der Waals surface area contributed by atoms with Crippen molar-refractivity contribution in [3.05, 3.63) is 39.9 Å². The van der Waals surface area contributed by atoms with Gasteiger partial charge in [0.2, 0.25) is 0 Å². The van der Waals surface area contributed by atoms with Gasteiger partial charge in [0.05, 0.1) is 11.0 Å². The molecule has 0 unspecified atom stereocenters. The molecule has 1 aromatic carbocycles. The van der Waals surface area contributed by atoms with E-state index in [9.17, 15) is 10.1 Å². The maximum absolute atomic E-state index is 10.6. The van der Waals surface area contributed by atoms with Gasteiger partial charge in [0.15, 0.2) is 0 Å². The third kappa shape index (κ3) is 3.29. The maximum Gasteiger partial charge on any atom is 0.269 e. The lowest BCUT2D eigenvalue weighted by Crippen LogP contribution is -2.90. The Morgan fingerprint density at radius 1 is 1.28 bits per heavy atom. The van der Waals surface area contributed by atoms with Crippen LogP contribution < -0.4 is 5.32 Å². The van der Waals surface area contributed by atoms with Crippen LogP contribution in [-0.2, 0) is 6.54 Å². The van der Waals surface area contributed by atoms with Crippen LogP contribution in [0.1, 0.15) is 38.2 Å². The number of nitrogens with zero attached hydrogens (tertiary/aromatic N) is 1. The molecule has 0 saturated heterocycles. The van der Waals surface area contributed by atoms with Crippen LogP contribution in [0.4, 0.5) is 5.69 Å². The van der Waals surface area contributed by atoms with E-state index in [4.69, 9.17) is 0 Å². The van der Waals surface area contributed by atoms with E-state index in [1.54, 1.807) is 12.1 Å². The summed E-state index contributed by atoms with van der Waals surface area (Å²) in [7, 11) is 0. The van der Waals surface area contributed by atoms with E-state index in [2.05, 4.69) is 12.2 Å². The molecule has 1 saturated carbocycles. The van der Waals surface area contributed by atoms with Crippen LogP contribution in [0.2, 0.25) is 0 Å². The van der Waals surface area contributed by atoms with E-state index >= 15 is 0 Å². The van der Waals surface area contributed by atoms with Gasteiger partial charge in [-0.2, -0.15) is 0 Å². The molecule has 0 heterocycles. The van der Waals surface area contributed by atoms with Crippen molar-refractivity contribution in [2.24, 2.45) is 5.92 Å². The maximum atomic E-state index is 10.6. The second-order valence-electron chi connectivity index (χ2n) is 5.29. The number of benzene rings is 1. The smallest absolute Gasteiger partial charge is 0.269 e. The monoisotopic (exact) mass is 249 g/mol. The first-order valence-electron chi connectivity index (χ1n) is 6.73. The third-order valence-electron chi connectivity index (χ3n) is 3.98. The summed E-state index contributed by atoms with van der Waals surface area (Å²) >= 11 is 0. The number of hydrogen-bond donors (Lipinski definition) is 1. The molecule has 0 aliphatic heterocycles. The van der Waals surface area contributed by atoms with Gasteiger partial charge in [-0.15, -0.1) is 0 Å². The summed E-state index contributed by atoms with van der Waals surface area (Å²) in [4.78, 5) is 10.2. The van der Waals surface area contributed by atoms with Crippen LogP contribution in [-0.4, -0.2) is 11.0 Å². The van der Waals surface area contributed by atoms with Crippen LogP contribution in [0.3, 0.4) is 0 Å². The summed E-state index contributed by atoms with van der Waals surface area (Å²) in [6.07, 6.45) is 5.34. The Kier molecular flexibility index (Phi) is 4.31. The standard InChI is InChI=1S/C14H20N2O2/c1-11-4-2-3-5-14(11)15-10-12-6-8-13(9-7-12)16(17)18/h6-9,11,14-15H,2-5,10H2,1H3/p+1/t11-,14+/m1/s1. The van der Waals surface area contributed by atoms with Gasteiger partial charge >= 0.3 is 0 Å². The van der Waals surface area contributed by atoms with Gasteiger partial charge in [0.25, 0.3) is 5.69 Å². The fourth-order valence-corrected chi connectivity index (χ4v) is 2.74. The van der Waals surface area contributed by atoms with Crippen molar-refractivity contribution >= 4 is 5.69 Å². The highest BCUT2D eigenvalue weighted by Gasteiger charge is 2.23. The van der Waals surface area contributed by atoms with E-state index in [1.165, 1.54) is 31.2 Å². The molecule has 1 aromatic rings. The van der Waals surface area contributed by atoms with Crippen molar-refractivity contribution < 1.29 is 10.2 Å². The van der Waals surface area contributed by atoms with Gasteiger partial charge in [0.1, 0.15) is 6.54 Å². The Labute approximate surface area is 108 Å². The minimum Gasteiger partial charge on any atom is -0.340 e. The van der Waals surface area contributed by atoms with Crippen LogP contribution in [0.5, 0.6) is 0 Å². The van der Waals surface area contributed by atoms with E-state index < -0.39 is 0 Å². The van der Waals surface area contributed by atoms with Crippen molar-refractivity contribution in [2.45, 2.75) is 45.2 Å². The Balaban J connectivity index is 1.87. The van der Waals surface area contributed by atoms with E-state index in [0.29, 0.717) is 6.04 Å². The van der Waals surface area contributed by atoms with Crippen LogP contribution in [0.25, 0.3) is 0 Å². The number of nitro benzene ring substituents is 1. The minimum absolute atomic E-state index is 0.171. The number of quaternary nitrogens is 1. The molecule has 1 fully saturated rings. The zero-order chi connectivity index (χ0) is 13.0. The molecule has 1 aliphatic carbocycles. The lowest BCUT2D eigenvalue weighted by atomic mass is 9.86. The highest BCUT2D eigenvalue weighted by Crippen LogP contribution is 2.21. The highest BCUT2D eigenvalue weighted by molar-refractivity contribution is 5.32. The van der Waals surface area contributed by atoms with E-state index in [-0.39, 0.29) is 10.6 Å². The number of hydrogen-bond acceptors (Lipinski definition) is 2. The average Bonchev–Trinajstić information content (AvgIpc) is 2.38. The first-order valence-corrected chi connectivity index (χ1v) is 6.73. The molecule has 0 amide bonds. The van der Waals surface area contributed by atoms with Crippen molar-refractivity contribution in [1.29, 1.82) is 0 Å². The number of rotatable bonds is 4. The zero-order valence-corrected chi connectivity index (χ0v) is 10.8. The zero-order valence-electron chi connectivity index (χ0n) is 10.8. The fourth-order valence-electron chi connectivity index (χ4n) is 2.74. The second-order valence-corrected chi connectivity index (χ2v) is 5.29. The molecule has 4 heteroatoms. The first kappa shape index (κ1) is 13.0. The Hall–Kier alpha value is -1.42. The molecule has 2 atom stereocenters. The number of nitrogens with two attached hydrogens (primary N) is 1. The summed E-state index contributed by atoms with van der Waals surface area (Å²) < 4.78 is 0. The molecule has 0 bridgehead atoms. The van der Waals surface area contributed by atoms with Crippen molar-refractivity contribution in [3.8, 4) is 0 Å². The summed E-state index contributed by atoms with van der Waals surface area (Å²) in [6.45, 7) is 3.25. The van der Waals surface area contributed by atoms with Crippen molar-refractivity contribution in [3.63, 3.8) is 0 Å². The molecule has 1 aliphatic rings. The molecular formula is C14H21N2O2+. The Bertz CT molecular complexity index is 403. The molecular weight excluding hydrogens is 228 g/mol. The van der Waals surface area contributed by atoms with Crippen LogP contribution in [0, 0.1) is 16.0 Å². The van der Waals surface area contributed by atoms with Crippen LogP contribution >= 0.6 is 0 Å². The Morgan fingerprint density at radius 3 is 2.56 bits per heavy atom. The molecule has 2 N–H and O–H groups in total. The highest BCUT2D eigenvalue weighted by atomic mass is 16.6. The average molecular weight is 249 g/mol. The summed E-state index contributed by atoms with van der Waals surface area (Å²) in [5.41, 5.74) is 1.34. The molecule has 18 heavy (non-hydrogen) atoms. The van der Waals surface area contributed by atoms with E-state index in [1.807, 2.05) is 12.1 Å². The minimum atomic E-state index is -0.350. The number of non-ortho nitro benzene ring substituents is 1. The van der Waals surface area contributed by atoms with Gasteiger partial charge in [-0.1, -0.05) is 13.3 Å². The van der Waals surface area contributed by atoms with Crippen LogP contribution in [0.15, 0.2) is 24.3 Å². The lowest BCUT2D eigenvalue weighted by molar-refractivity contribution is -0.712. The first-order chi connectivity index (χ1) is 8.66.